The van der Waals surface area contributed by atoms with Crippen LogP contribution in [0.25, 0.3) is 0 Å². The zero-order valence-electron chi connectivity index (χ0n) is 9.77. The number of rotatable bonds is 3. The van der Waals surface area contributed by atoms with Crippen molar-refractivity contribution in [1.29, 1.82) is 0 Å². The minimum atomic E-state index is -0.374. The van der Waals surface area contributed by atoms with Crippen molar-refractivity contribution in [1.82, 2.24) is 10.4 Å². The Hall–Kier alpha value is -2.44. The maximum absolute atomic E-state index is 11.9. The van der Waals surface area contributed by atoms with Crippen LogP contribution in [0.3, 0.4) is 0 Å². The molecule has 0 unspecified atom stereocenters. The van der Waals surface area contributed by atoms with Crippen LogP contribution in [0.15, 0.2) is 23.4 Å². The van der Waals surface area contributed by atoms with Gasteiger partial charge in [0, 0.05) is 19.0 Å². The number of methoxy groups -OCH3 is 1. The average molecular weight is 248 g/mol. The summed E-state index contributed by atoms with van der Waals surface area (Å²) in [5.41, 5.74) is 3.01. The summed E-state index contributed by atoms with van der Waals surface area (Å²) in [5.74, 6) is -0.238. The Kier molecular flexibility index (Phi) is 3.52. The Balaban J connectivity index is 2.09. The lowest BCUT2D eigenvalue weighted by Gasteiger charge is -2.12. The third kappa shape index (κ3) is 2.62. The highest BCUT2D eigenvalue weighted by molar-refractivity contribution is 6.43. The van der Waals surface area contributed by atoms with Crippen LogP contribution >= 0.6 is 0 Å². The smallest absolute Gasteiger partial charge is 0.272 e. The summed E-state index contributed by atoms with van der Waals surface area (Å²) in [5, 5.41) is 6.34. The van der Waals surface area contributed by atoms with Gasteiger partial charge < -0.3 is 10.1 Å². The number of nitrogens with one attached hydrogen (secondary N) is 2. The quantitative estimate of drug-likeness (QED) is 0.804. The SMILES string of the molecule is COc1ncccc1NC(=O)C1=NNC(=O)CC1. The van der Waals surface area contributed by atoms with Crippen LogP contribution in [-0.2, 0) is 9.59 Å². The molecule has 7 heteroatoms. The van der Waals surface area contributed by atoms with Gasteiger partial charge in [0.15, 0.2) is 0 Å². The topological polar surface area (TPSA) is 92.7 Å². The van der Waals surface area contributed by atoms with E-state index in [9.17, 15) is 9.59 Å². The van der Waals surface area contributed by atoms with Gasteiger partial charge in [-0.3, -0.25) is 9.59 Å². The molecule has 0 saturated carbocycles. The number of hydrogen-bond donors (Lipinski definition) is 2. The molecule has 0 atom stereocenters. The zero-order chi connectivity index (χ0) is 13.0. The van der Waals surface area contributed by atoms with Crippen molar-refractivity contribution in [2.24, 2.45) is 5.10 Å². The van der Waals surface area contributed by atoms with Gasteiger partial charge in [0.1, 0.15) is 11.4 Å². The van der Waals surface area contributed by atoms with Crippen LogP contribution in [0.2, 0.25) is 0 Å². The highest BCUT2D eigenvalue weighted by atomic mass is 16.5. The number of aromatic nitrogens is 1. The van der Waals surface area contributed by atoms with E-state index in [0.29, 0.717) is 18.0 Å². The molecule has 0 bridgehead atoms. The van der Waals surface area contributed by atoms with Crippen molar-refractivity contribution >= 4 is 23.2 Å². The standard InChI is InChI=1S/C11H12N4O3/c1-18-11-8(3-2-6-12-11)13-10(17)7-4-5-9(16)15-14-7/h2-3,6H,4-5H2,1H3,(H,13,17)(H,15,16). The van der Waals surface area contributed by atoms with E-state index >= 15 is 0 Å². The number of ether oxygens (including phenoxy) is 1. The van der Waals surface area contributed by atoms with E-state index in [1.807, 2.05) is 0 Å². The van der Waals surface area contributed by atoms with Gasteiger partial charge in [0.25, 0.3) is 5.91 Å². The molecular formula is C11H12N4O3. The number of amides is 2. The minimum Gasteiger partial charge on any atom is -0.480 e. The van der Waals surface area contributed by atoms with E-state index in [2.05, 4.69) is 20.8 Å². The molecule has 1 aromatic heterocycles. The Morgan fingerprint density at radius 3 is 3.00 bits per heavy atom. The average Bonchev–Trinajstić information content (AvgIpc) is 2.40. The first-order valence-electron chi connectivity index (χ1n) is 5.36. The van der Waals surface area contributed by atoms with Crippen LogP contribution in [0.4, 0.5) is 5.69 Å². The fraction of sp³-hybridized carbons (Fsp3) is 0.273. The normalized spacial score (nSPS) is 14.5. The molecule has 2 heterocycles. The summed E-state index contributed by atoms with van der Waals surface area (Å²) in [4.78, 5) is 26.7. The fourth-order valence-corrected chi connectivity index (χ4v) is 1.48. The van der Waals surface area contributed by atoms with E-state index in [4.69, 9.17) is 4.74 Å². The van der Waals surface area contributed by atoms with Crippen molar-refractivity contribution in [2.75, 3.05) is 12.4 Å². The molecule has 2 amide bonds. The van der Waals surface area contributed by atoms with Crippen LogP contribution in [0, 0.1) is 0 Å². The molecule has 2 N–H and O–H groups in total. The van der Waals surface area contributed by atoms with Crippen LogP contribution in [0.1, 0.15) is 12.8 Å². The summed E-state index contributed by atoms with van der Waals surface area (Å²) >= 11 is 0. The number of carbonyl (C=O) groups excluding carboxylic acids is 2. The van der Waals surface area contributed by atoms with E-state index in [-0.39, 0.29) is 23.9 Å². The van der Waals surface area contributed by atoms with Gasteiger partial charge in [-0.05, 0) is 12.1 Å². The Labute approximate surface area is 103 Å². The van der Waals surface area contributed by atoms with E-state index in [1.165, 1.54) is 7.11 Å². The summed E-state index contributed by atoms with van der Waals surface area (Å²) in [7, 11) is 1.47. The first-order chi connectivity index (χ1) is 8.70. The van der Waals surface area contributed by atoms with Gasteiger partial charge in [0.05, 0.1) is 7.11 Å². The predicted octanol–water partition coefficient (Wildman–Crippen LogP) is 0.295. The van der Waals surface area contributed by atoms with E-state index in [0.717, 1.165) is 0 Å². The Bertz CT molecular complexity index is 513. The van der Waals surface area contributed by atoms with Crippen LogP contribution in [0.5, 0.6) is 5.88 Å². The third-order valence-electron chi connectivity index (χ3n) is 2.38. The van der Waals surface area contributed by atoms with Gasteiger partial charge in [-0.2, -0.15) is 5.10 Å². The molecule has 0 fully saturated rings. The molecule has 0 aliphatic carbocycles. The van der Waals surface area contributed by atoms with Gasteiger partial charge >= 0.3 is 0 Å². The fourth-order valence-electron chi connectivity index (χ4n) is 1.48. The van der Waals surface area contributed by atoms with E-state index < -0.39 is 0 Å². The molecule has 0 saturated heterocycles. The molecule has 7 nitrogen and oxygen atoms in total. The maximum Gasteiger partial charge on any atom is 0.272 e. The number of anilines is 1. The number of hydrogen-bond acceptors (Lipinski definition) is 5. The Morgan fingerprint density at radius 2 is 2.33 bits per heavy atom. The number of nitrogens with zero attached hydrogens (tertiary/aromatic N) is 2. The highest BCUT2D eigenvalue weighted by Gasteiger charge is 2.19. The van der Waals surface area contributed by atoms with Crippen molar-refractivity contribution in [3.63, 3.8) is 0 Å². The molecule has 0 spiro atoms. The van der Waals surface area contributed by atoms with Crippen LogP contribution in [-0.4, -0.2) is 29.6 Å². The molecule has 0 radical (unpaired) electrons. The summed E-state index contributed by atoms with van der Waals surface area (Å²) < 4.78 is 5.02. The van der Waals surface area contributed by atoms with Crippen molar-refractivity contribution < 1.29 is 14.3 Å². The second-order valence-electron chi connectivity index (χ2n) is 3.61. The van der Waals surface area contributed by atoms with Crippen molar-refractivity contribution in [3.8, 4) is 5.88 Å². The Morgan fingerprint density at radius 1 is 1.50 bits per heavy atom. The van der Waals surface area contributed by atoms with Gasteiger partial charge in [-0.1, -0.05) is 0 Å². The lowest BCUT2D eigenvalue weighted by Crippen LogP contribution is -2.32. The van der Waals surface area contributed by atoms with Gasteiger partial charge in [-0.25, -0.2) is 10.4 Å². The van der Waals surface area contributed by atoms with Crippen molar-refractivity contribution in [2.45, 2.75) is 12.8 Å². The molecule has 1 aliphatic heterocycles. The third-order valence-corrected chi connectivity index (χ3v) is 2.38. The first-order valence-corrected chi connectivity index (χ1v) is 5.36. The molecule has 2 rings (SSSR count). The zero-order valence-corrected chi connectivity index (χ0v) is 9.77. The molecule has 94 valence electrons. The van der Waals surface area contributed by atoms with Crippen molar-refractivity contribution in [3.05, 3.63) is 18.3 Å². The highest BCUT2D eigenvalue weighted by Crippen LogP contribution is 2.19. The summed E-state index contributed by atoms with van der Waals surface area (Å²) in [6, 6.07) is 3.36. The number of carbonyl (C=O) groups is 2. The number of hydrazone groups is 1. The maximum atomic E-state index is 11.9. The van der Waals surface area contributed by atoms with Gasteiger partial charge in [0.2, 0.25) is 11.8 Å². The number of pyridine rings is 1. The molecule has 18 heavy (non-hydrogen) atoms. The molecule has 0 aromatic carbocycles. The lowest BCUT2D eigenvalue weighted by atomic mass is 10.1. The first kappa shape index (κ1) is 12.0. The second kappa shape index (κ2) is 5.26. The molecular weight excluding hydrogens is 236 g/mol. The largest absolute Gasteiger partial charge is 0.480 e. The minimum absolute atomic E-state index is 0.189. The van der Waals surface area contributed by atoms with E-state index in [1.54, 1.807) is 18.3 Å². The molecule has 1 aliphatic rings. The molecule has 1 aromatic rings. The predicted molar refractivity (Wildman–Crippen MR) is 64.2 cm³/mol. The summed E-state index contributed by atoms with van der Waals surface area (Å²) in [6.45, 7) is 0. The van der Waals surface area contributed by atoms with Crippen LogP contribution < -0.4 is 15.5 Å². The van der Waals surface area contributed by atoms with Gasteiger partial charge in [-0.15, -0.1) is 0 Å². The monoisotopic (exact) mass is 248 g/mol. The second-order valence-corrected chi connectivity index (χ2v) is 3.61. The summed E-state index contributed by atoms with van der Waals surface area (Å²) in [6.07, 6.45) is 2.14. The lowest BCUT2D eigenvalue weighted by molar-refractivity contribution is -0.121.